The van der Waals surface area contributed by atoms with Gasteiger partial charge in [0, 0.05) is 30.9 Å². The lowest BCUT2D eigenvalue weighted by Gasteiger charge is -2.12. The van der Waals surface area contributed by atoms with Crippen molar-refractivity contribution < 1.29 is 4.74 Å². The van der Waals surface area contributed by atoms with Crippen molar-refractivity contribution in [2.24, 2.45) is 11.8 Å². The number of hydrogen-bond donors (Lipinski definition) is 2. The van der Waals surface area contributed by atoms with E-state index in [-0.39, 0.29) is 0 Å². The summed E-state index contributed by atoms with van der Waals surface area (Å²) in [5.41, 5.74) is 4.77. The Hall–Kier alpha value is -1.20. The minimum Gasteiger partial charge on any atom is -0.381 e. The minimum absolute atomic E-state index is 0.549. The topological polar surface area (TPSA) is 73.1 Å². The molecule has 3 N–H and O–H groups in total. The smallest absolute Gasteiger partial charge is 0.146 e. The van der Waals surface area contributed by atoms with Crippen LogP contribution in [0.2, 0.25) is 0 Å². The molecule has 5 heteroatoms. The Morgan fingerprint density at radius 1 is 1.47 bits per heavy atom. The molecule has 1 fully saturated rings. The predicted octanol–water partition coefficient (Wildman–Crippen LogP) is 1.21. The highest BCUT2D eigenvalue weighted by molar-refractivity contribution is 5.44. The molecule has 0 aromatic carbocycles. The van der Waals surface area contributed by atoms with Crippen LogP contribution in [0.1, 0.15) is 30.4 Å². The Bertz CT molecular complexity index is 363. The van der Waals surface area contributed by atoms with Gasteiger partial charge in [-0.2, -0.15) is 0 Å². The Balaban J connectivity index is 2.21. The molecule has 2 heterocycles. The number of nitrogen functional groups attached to an aromatic ring is 1. The molecule has 0 bridgehead atoms. The van der Waals surface area contributed by atoms with Gasteiger partial charge in [0.2, 0.25) is 0 Å². The second kappa shape index (κ2) is 5.42. The molecule has 1 aliphatic heterocycles. The lowest BCUT2D eigenvalue weighted by atomic mass is 10.0. The standard InChI is InChI=1S/C12H20N4O/c1-3-10-8(2)12(16-13)15-11(14-10)6-9-4-5-17-7-9/h9H,3-7,13H2,1-2H3,(H,14,15,16). The van der Waals surface area contributed by atoms with E-state index in [0.29, 0.717) is 5.92 Å². The number of nitrogens with zero attached hydrogens (tertiary/aromatic N) is 2. The summed E-state index contributed by atoms with van der Waals surface area (Å²) in [6, 6.07) is 0. The van der Waals surface area contributed by atoms with Crippen LogP contribution >= 0.6 is 0 Å². The van der Waals surface area contributed by atoms with E-state index in [9.17, 15) is 0 Å². The third-order valence-electron chi connectivity index (χ3n) is 3.26. The molecular formula is C12H20N4O. The summed E-state index contributed by atoms with van der Waals surface area (Å²) < 4.78 is 5.37. The maximum absolute atomic E-state index is 5.49. The zero-order valence-corrected chi connectivity index (χ0v) is 10.5. The fourth-order valence-corrected chi connectivity index (χ4v) is 2.19. The van der Waals surface area contributed by atoms with Gasteiger partial charge in [0.15, 0.2) is 0 Å². The van der Waals surface area contributed by atoms with Gasteiger partial charge in [0.05, 0.1) is 0 Å². The lowest BCUT2D eigenvalue weighted by Crippen LogP contribution is -2.16. The zero-order valence-electron chi connectivity index (χ0n) is 10.5. The number of nitrogens with one attached hydrogen (secondary N) is 1. The van der Waals surface area contributed by atoms with Crippen molar-refractivity contribution >= 4 is 5.82 Å². The summed E-state index contributed by atoms with van der Waals surface area (Å²) in [5.74, 6) is 7.65. The predicted molar refractivity (Wildman–Crippen MR) is 66.6 cm³/mol. The third kappa shape index (κ3) is 2.73. The maximum atomic E-state index is 5.49. The summed E-state index contributed by atoms with van der Waals surface area (Å²) >= 11 is 0. The molecule has 0 amide bonds. The Kier molecular flexibility index (Phi) is 3.91. The van der Waals surface area contributed by atoms with Gasteiger partial charge in [-0.1, -0.05) is 6.92 Å². The van der Waals surface area contributed by atoms with Crippen LogP contribution in [0.25, 0.3) is 0 Å². The van der Waals surface area contributed by atoms with E-state index < -0.39 is 0 Å². The molecule has 94 valence electrons. The normalized spacial score (nSPS) is 19.6. The number of hydrogen-bond acceptors (Lipinski definition) is 5. The van der Waals surface area contributed by atoms with Crippen LogP contribution in [0.5, 0.6) is 0 Å². The van der Waals surface area contributed by atoms with E-state index in [4.69, 9.17) is 10.6 Å². The summed E-state index contributed by atoms with van der Waals surface area (Å²) in [6.45, 7) is 5.78. The fourth-order valence-electron chi connectivity index (χ4n) is 2.19. The molecule has 17 heavy (non-hydrogen) atoms. The Labute approximate surface area is 102 Å². The molecule has 1 atom stereocenters. The highest BCUT2D eigenvalue weighted by Crippen LogP contribution is 2.20. The molecular weight excluding hydrogens is 216 g/mol. The van der Waals surface area contributed by atoms with Crippen molar-refractivity contribution in [2.45, 2.75) is 33.1 Å². The van der Waals surface area contributed by atoms with Crippen LogP contribution < -0.4 is 11.3 Å². The first-order chi connectivity index (χ1) is 8.24. The number of hydrazine groups is 1. The number of rotatable bonds is 4. The van der Waals surface area contributed by atoms with E-state index in [2.05, 4.69) is 22.3 Å². The zero-order chi connectivity index (χ0) is 12.3. The maximum Gasteiger partial charge on any atom is 0.146 e. The van der Waals surface area contributed by atoms with Crippen molar-refractivity contribution in [3.8, 4) is 0 Å². The van der Waals surface area contributed by atoms with Crippen molar-refractivity contribution in [3.05, 3.63) is 17.1 Å². The highest BCUT2D eigenvalue weighted by atomic mass is 16.5. The first-order valence-electron chi connectivity index (χ1n) is 6.15. The van der Waals surface area contributed by atoms with Crippen LogP contribution in [-0.4, -0.2) is 23.2 Å². The van der Waals surface area contributed by atoms with Crippen molar-refractivity contribution in [3.63, 3.8) is 0 Å². The SMILES string of the molecule is CCc1nc(CC2CCOC2)nc(NN)c1C. The molecule has 0 aliphatic carbocycles. The largest absolute Gasteiger partial charge is 0.381 e. The number of anilines is 1. The van der Waals surface area contributed by atoms with E-state index >= 15 is 0 Å². The molecule has 1 saturated heterocycles. The number of nitrogens with two attached hydrogens (primary N) is 1. The number of aromatic nitrogens is 2. The molecule has 0 spiro atoms. The summed E-state index contributed by atoms with van der Waals surface area (Å²) in [7, 11) is 0. The van der Waals surface area contributed by atoms with Gasteiger partial charge >= 0.3 is 0 Å². The second-order valence-electron chi connectivity index (χ2n) is 4.49. The lowest BCUT2D eigenvalue weighted by molar-refractivity contribution is 0.185. The van der Waals surface area contributed by atoms with Crippen molar-refractivity contribution in [1.82, 2.24) is 9.97 Å². The quantitative estimate of drug-likeness (QED) is 0.607. The van der Waals surface area contributed by atoms with E-state index in [1.165, 1.54) is 0 Å². The molecule has 1 aliphatic rings. The van der Waals surface area contributed by atoms with Crippen LogP contribution in [0.4, 0.5) is 5.82 Å². The van der Waals surface area contributed by atoms with Gasteiger partial charge < -0.3 is 10.2 Å². The van der Waals surface area contributed by atoms with Gasteiger partial charge in [-0.3, -0.25) is 0 Å². The minimum atomic E-state index is 0.549. The Morgan fingerprint density at radius 3 is 2.88 bits per heavy atom. The van der Waals surface area contributed by atoms with Gasteiger partial charge in [0.25, 0.3) is 0 Å². The summed E-state index contributed by atoms with van der Waals surface area (Å²) in [4.78, 5) is 9.06. The molecule has 1 unspecified atom stereocenters. The average Bonchev–Trinajstić information content (AvgIpc) is 2.84. The van der Waals surface area contributed by atoms with Gasteiger partial charge in [0.1, 0.15) is 11.6 Å². The molecule has 2 rings (SSSR count). The molecule has 1 aromatic heterocycles. The average molecular weight is 236 g/mol. The van der Waals surface area contributed by atoms with Gasteiger partial charge in [-0.05, 0) is 25.7 Å². The first kappa shape index (κ1) is 12.3. The highest BCUT2D eigenvalue weighted by Gasteiger charge is 2.18. The van der Waals surface area contributed by atoms with Crippen molar-refractivity contribution in [2.75, 3.05) is 18.6 Å². The third-order valence-corrected chi connectivity index (χ3v) is 3.26. The molecule has 5 nitrogen and oxygen atoms in total. The first-order valence-corrected chi connectivity index (χ1v) is 6.15. The molecule has 1 aromatic rings. The van der Waals surface area contributed by atoms with E-state index in [0.717, 1.165) is 55.4 Å². The van der Waals surface area contributed by atoms with Crippen LogP contribution in [0.15, 0.2) is 0 Å². The summed E-state index contributed by atoms with van der Waals surface area (Å²) in [6.07, 6.45) is 2.88. The monoisotopic (exact) mass is 236 g/mol. The molecule has 0 radical (unpaired) electrons. The van der Waals surface area contributed by atoms with E-state index in [1.54, 1.807) is 0 Å². The number of aryl methyl sites for hydroxylation is 1. The molecule has 0 saturated carbocycles. The van der Waals surface area contributed by atoms with E-state index in [1.807, 2.05) is 6.92 Å². The van der Waals surface area contributed by atoms with Crippen molar-refractivity contribution in [1.29, 1.82) is 0 Å². The summed E-state index contributed by atoms with van der Waals surface area (Å²) in [5, 5.41) is 0. The van der Waals surface area contributed by atoms with Gasteiger partial charge in [-0.25, -0.2) is 15.8 Å². The van der Waals surface area contributed by atoms with Crippen LogP contribution in [0, 0.1) is 12.8 Å². The fraction of sp³-hybridized carbons (Fsp3) is 0.667. The Morgan fingerprint density at radius 2 is 2.29 bits per heavy atom. The van der Waals surface area contributed by atoms with Crippen LogP contribution in [-0.2, 0) is 17.6 Å². The van der Waals surface area contributed by atoms with Crippen LogP contribution in [0.3, 0.4) is 0 Å². The number of ether oxygens (including phenoxy) is 1. The second-order valence-corrected chi connectivity index (χ2v) is 4.49. The van der Waals surface area contributed by atoms with Gasteiger partial charge in [-0.15, -0.1) is 0 Å².